The Balaban J connectivity index is 4.53. The van der Waals surface area contributed by atoms with Gasteiger partial charge in [-0.15, -0.1) is 0 Å². The molecule has 0 aromatic rings. The minimum absolute atomic E-state index is 0.406. The van der Waals surface area contributed by atoms with Gasteiger partial charge in [-0.3, -0.25) is 4.99 Å². The zero-order valence-corrected chi connectivity index (χ0v) is 8.36. The van der Waals surface area contributed by atoms with Crippen LogP contribution in [0.15, 0.2) is 34.2 Å². The standard InChI is InChI=1S/C9H16N4/c1-5-11-6-9(8(2)10)12-7-13(3)4/h5-7H,2,10H2,1,3-4H3/b9-6+,11-5-,12-7-. The summed E-state index contributed by atoms with van der Waals surface area (Å²) in [5.74, 6) is 0. The van der Waals surface area contributed by atoms with Crippen molar-refractivity contribution in [2.75, 3.05) is 14.1 Å². The highest BCUT2D eigenvalue weighted by atomic mass is 15.1. The van der Waals surface area contributed by atoms with Crippen LogP contribution >= 0.6 is 0 Å². The lowest BCUT2D eigenvalue weighted by atomic mass is 10.4. The zero-order chi connectivity index (χ0) is 10.3. The molecule has 0 fully saturated rings. The minimum atomic E-state index is 0.406. The van der Waals surface area contributed by atoms with Crippen molar-refractivity contribution in [2.45, 2.75) is 6.92 Å². The maximum absolute atomic E-state index is 5.49. The first-order chi connectivity index (χ1) is 6.07. The smallest absolute Gasteiger partial charge is 0.105 e. The average Bonchev–Trinajstić information content (AvgIpc) is 2.03. The molecule has 0 rings (SSSR count). The Bertz CT molecular complexity index is 248. The summed E-state index contributed by atoms with van der Waals surface area (Å²) in [7, 11) is 3.76. The Kier molecular flexibility index (Phi) is 5.27. The Morgan fingerprint density at radius 1 is 1.46 bits per heavy atom. The van der Waals surface area contributed by atoms with Gasteiger partial charge in [0.15, 0.2) is 0 Å². The van der Waals surface area contributed by atoms with Gasteiger partial charge < -0.3 is 10.6 Å². The first-order valence-corrected chi connectivity index (χ1v) is 3.91. The Morgan fingerprint density at radius 2 is 2.08 bits per heavy atom. The molecule has 0 radical (unpaired) electrons. The normalized spacial score (nSPS) is 12.7. The van der Waals surface area contributed by atoms with Gasteiger partial charge in [-0.25, -0.2) is 4.99 Å². The molecule has 2 N–H and O–H groups in total. The molecule has 0 aliphatic carbocycles. The third-order valence-electron chi connectivity index (χ3n) is 1.10. The van der Waals surface area contributed by atoms with E-state index >= 15 is 0 Å². The van der Waals surface area contributed by atoms with E-state index in [0.29, 0.717) is 11.4 Å². The summed E-state index contributed by atoms with van der Waals surface area (Å²) in [4.78, 5) is 9.81. The van der Waals surface area contributed by atoms with E-state index in [1.54, 1.807) is 18.8 Å². The van der Waals surface area contributed by atoms with Gasteiger partial charge in [0.1, 0.15) is 5.70 Å². The summed E-state index contributed by atoms with van der Waals surface area (Å²) in [6.45, 7) is 5.41. The minimum Gasteiger partial charge on any atom is -0.397 e. The molecule has 0 atom stereocenters. The monoisotopic (exact) mass is 180 g/mol. The van der Waals surface area contributed by atoms with Gasteiger partial charge in [-0.2, -0.15) is 0 Å². The van der Waals surface area contributed by atoms with Crippen molar-refractivity contribution in [3.8, 4) is 0 Å². The topological polar surface area (TPSA) is 54.0 Å². The fourth-order valence-electron chi connectivity index (χ4n) is 0.522. The van der Waals surface area contributed by atoms with Crippen LogP contribution in [0.5, 0.6) is 0 Å². The number of rotatable bonds is 4. The molecule has 0 heterocycles. The maximum atomic E-state index is 5.49. The van der Waals surface area contributed by atoms with Crippen molar-refractivity contribution in [3.63, 3.8) is 0 Å². The second kappa shape index (κ2) is 5.99. The molecule has 0 aliphatic rings. The number of hydrogen-bond acceptors (Lipinski definition) is 3. The molecular formula is C9H16N4. The summed E-state index contributed by atoms with van der Waals surface area (Å²) in [5, 5.41) is 0. The fraction of sp³-hybridized carbons (Fsp3) is 0.333. The molecule has 0 amide bonds. The molecule has 13 heavy (non-hydrogen) atoms. The largest absolute Gasteiger partial charge is 0.397 e. The highest BCUT2D eigenvalue weighted by Crippen LogP contribution is 2.02. The fourth-order valence-corrected chi connectivity index (χ4v) is 0.522. The lowest BCUT2D eigenvalue weighted by Crippen LogP contribution is -2.08. The molecule has 0 unspecified atom stereocenters. The van der Waals surface area contributed by atoms with Crippen LogP contribution in [0.4, 0.5) is 0 Å². The number of nitrogens with zero attached hydrogens (tertiary/aromatic N) is 3. The summed E-state index contributed by atoms with van der Waals surface area (Å²) < 4.78 is 0. The lowest BCUT2D eigenvalue weighted by molar-refractivity contribution is 0.642. The molecule has 0 spiro atoms. The van der Waals surface area contributed by atoms with Crippen LogP contribution in [0.3, 0.4) is 0 Å². The van der Waals surface area contributed by atoms with E-state index in [1.165, 1.54) is 0 Å². The Morgan fingerprint density at radius 3 is 2.46 bits per heavy atom. The second-order valence-corrected chi connectivity index (χ2v) is 2.66. The summed E-state index contributed by atoms with van der Waals surface area (Å²) >= 11 is 0. The summed E-state index contributed by atoms with van der Waals surface area (Å²) in [5.41, 5.74) is 6.48. The molecule has 4 nitrogen and oxygen atoms in total. The predicted octanol–water partition coefficient (Wildman–Crippen LogP) is 0.981. The van der Waals surface area contributed by atoms with Gasteiger partial charge >= 0.3 is 0 Å². The Labute approximate surface area is 79.2 Å². The van der Waals surface area contributed by atoms with Crippen molar-refractivity contribution < 1.29 is 0 Å². The molecule has 0 saturated heterocycles. The van der Waals surface area contributed by atoms with E-state index in [9.17, 15) is 0 Å². The highest BCUT2D eigenvalue weighted by molar-refractivity contribution is 5.58. The van der Waals surface area contributed by atoms with Crippen LogP contribution in [-0.4, -0.2) is 31.5 Å². The molecule has 0 bridgehead atoms. The van der Waals surface area contributed by atoms with E-state index in [0.717, 1.165) is 0 Å². The average molecular weight is 180 g/mol. The van der Waals surface area contributed by atoms with E-state index in [1.807, 2.05) is 25.9 Å². The molecule has 0 aromatic heterocycles. The van der Waals surface area contributed by atoms with Gasteiger partial charge in [0.05, 0.1) is 18.2 Å². The SMILES string of the molecule is C=C(N)C(=C\N=C/C)/N=C\N(C)C. The van der Waals surface area contributed by atoms with Gasteiger partial charge in [0.25, 0.3) is 0 Å². The third-order valence-corrected chi connectivity index (χ3v) is 1.10. The van der Waals surface area contributed by atoms with Crippen molar-refractivity contribution in [3.05, 3.63) is 24.2 Å². The molecular weight excluding hydrogens is 164 g/mol. The summed E-state index contributed by atoms with van der Waals surface area (Å²) in [6, 6.07) is 0. The van der Waals surface area contributed by atoms with E-state index in [4.69, 9.17) is 5.73 Å². The molecule has 72 valence electrons. The molecule has 4 heteroatoms. The van der Waals surface area contributed by atoms with Crippen LogP contribution in [0.2, 0.25) is 0 Å². The van der Waals surface area contributed by atoms with Crippen LogP contribution in [-0.2, 0) is 0 Å². The third kappa shape index (κ3) is 5.66. The number of nitrogens with two attached hydrogens (primary N) is 1. The van der Waals surface area contributed by atoms with Crippen LogP contribution in [0.25, 0.3) is 0 Å². The van der Waals surface area contributed by atoms with Crippen molar-refractivity contribution in [2.24, 2.45) is 15.7 Å². The quantitative estimate of drug-likeness (QED) is 0.398. The highest BCUT2D eigenvalue weighted by Gasteiger charge is 1.93. The lowest BCUT2D eigenvalue weighted by Gasteiger charge is -2.03. The van der Waals surface area contributed by atoms with Gasteiger partial charge in [-0.1, -0.05) is 6.58 Å². The molecule has 0 aromatic carbocycles. The zero-order valence-electron chi connectivity index (χ0n) is 8.36. The second-order valence-electron chi connectivity index (χ2n) is 2.66. The summed E-state index contributed by atoms with van der Waals surface area (Å²) in [6.07, 6.45) is 4.88. The van der Waals surface area contributed by atoms with Gasteiger partial charge in [0.2, 0.25) is 0 Å². The van der Waals surface area contributed by atoms with Crippen LogP contribution in [0.1, 0.15) is 6.92 Å². The van der Waals surface area contributed by atoms with Crippen molar-refractivity contribution in [1.82, 2.24) is 4.90 Å². The molecule has 0 saturated carbocycles. The van der Waals surface area contributed by atoms with Crippen molar-refractivity contribution in [1.29, 1.82) is 0 Å². The maximum Gasteiger partial charge on any atom is 0.105 e. The first-order valence-electron chi connectivity index (χ1n) is 3.91. The van der Waals surface area contributed by atoms with Crippen LogP contribution < -0.4 is 5.73 Å². The van der Waals surface area contributed by atoms with E-state index in [-0.39, 0.29) is 0 Å². The van der Waals surface area contributed by atoms with Gasteiger partial charge in [0, 0.05) is 20.3 Å². The van der Waals surface area contributed by atoms with E-state index in [2.05, 4.69) is 16.6 Å². The first kappa shape index (κ1) is 11.4. The number of aliphatic imine (C=N–C) groups is 2. The predicted molar refractivity (Wildman–Crippen MR) is 57.8 cm³/mol. The number of hydrogen-bond donors (Lipinski definition) is 1. The van der Waals surface area contributed by atoms with Crippen molar-refractivity contribution >= 4 is 12.6 Å². The Hall–Kier alpha value is -1.58. The van der Waals surface area contributed by atoms with Gasteiger partial charge in [-0.05, 0) is 6.92 Å². The van der Waals surface area contributed by atoms with Crippen LogP contribution in [0, 0.1) is 0 Å². The van der Waals surface area contributed by atoms with E-state index < -0.39 is 0 Å². The molecule has 0 aliphatic heterocycles.